The normalized spacial score (nSPS) is 11.8. The number of hydrogen-bond acceptors (Lipinski definition) is 5. The molecule has 0 saturated carbocycles. The molecule has 1 aromatic heterocycles. The molecule has 102 valence electrons. The molecule has 1 heterocycles. The summed E-state index contributed by atoms with van der Waals surface area (Å²) in [6, 6.07) is 6.55. The number of aliphatic hydroxyl groups excluding tert-OH is 1. The van der Waals surface area contributed by atoms with E-state index < -0.39 is 5.56 Å². The van der Waals surface area contributed by atoms with Crippen molar-refractivity contribution < 1.29 is 9.84 Å². The number of methoxy groups -OCH3 is 1. The quantitative estimate of drug-likeness (QED) is 0.511. The van der Waals surface area contributed by atoms with Crippen molar-refractivity contribution in [3.05, 3.63) is 40.1 Å². The molecule has 2 N–H and O–H groups in total. The van der Waals surface area contributed by atoms with Crippen molar-refractivity contribution in [2.45, 2.75) is 0 Å². The number of aromatic nitrogens is 2. The lowest BCUT2D eigenvalue weighted by Gasteiger charge is -2.05. The Hall–Kier alpha value is -2.52. The van der Waals surface area contributed by atoms with Gasteiger partial charge >= 0.3 is 0 Å². The molecule has 6 nitrogen and oxygen atoms in total. The van der Waals surface area contributed by atoms with Crippen LogP contribution in [0.15, 0.2) is 28.8 Å². The first kappa shape index (κ1) is 13.9. The summed E-state index contributed by atoms with van der Waals surface area (Å²) in [6.45, 7) is 0. The minimum Gasteiger partial charge on any atom is -0.510 e. The Balaban J connectivity index is 2.74. The number of allylic oxidation sites excluding steroid dienone is 2. The summed E-state index contributed by atoms with van der Waals surface area (Å²) in [6.07, 6.45) is 0. The smallest absolute Gasteiger partial charge is 0.259 e. The molecule has 20 heavy (non-hydrogen) atoms. The largest absolute Gasteiger partial charge is 0.510 e. The van der Waals surface area contributed by atoms with Crippen LogP contribution >= 0.6 is 11.6 Å². The van der Waals surface area contributed by atoms with E-state index in [0.717, 1.165) is 0 Å². The maximum absolute atomic E-state index is 11.9. The standard InChI is InChI=1S/C13H10ClN3O3/c1-20-7-2-3-8-10(4-7)16-12(17-13(8)19)9(6-15)11(18)5-14/h2-4,18H,5H2,1H3,(H,16,17,19). The van der Waals surface area contributed by atoms with Gasteiger partial charge < -0.3 is 14.8 Å². The Morgan fingerprint density at radius 1 is 1.60 bits per heavy atom. The second-order valence-corrected chi connectivity index (χ2v) is 4.13. The lowest BCUT2D eigenvalue weighted by atomic mass is 10.2. The van der Waals surface area contributed by atoms with E-state index in [4.69, 9.17) is 21.6 Å². The summed E-state index contributed by atoms with van der Waals surface area (Å²) in [4.78, 5) is 18.5. The first-order valence-corrected chi connectivity index (χ1v) is 6.10. The van der Waals surface area contributed by atoms with Crippen molar-refractivity contribution in [3.63, 3.8) is 0 Å². The molecule has 0 aliphatic carbocycles. The third kappa shape index (κ3) is 2.44. The first-order valence-electron chi connectivity index (χ1n) is 5.57. The highest BCUT2D eigenvalue weighted by atomic mass is 35.5. The molecule has 7 heteroatoms. The molecule has 0 aliphatic heterocycles. The zero-order valence-corrected chi connectivity index (χ0v) is 11.2. The van der Waals surface area contributed by atoms with Gasteiger partial charge in [-0.3, -0.25) is 4.79 Å². The topological polar surface area (TPSA) is 99.0 Å². The number of aromatic amines is 1. The average molecular weight is 292 g/mol. The van der Waals surface area contributed by atoms with Gasteiger partial charge in [0.05, 0.1) is 23.9 Å². The van der Waals surface area contributed by atoms with Crippen molar-refractivity contribution in [1.29, 1.82) is 5.26 Å². The number of H-pyrrole nitrogens is 1. The lowest BCUT2D eigenvalue weighted by molar-refractivity contribution is 0.415. The Bertz CT molecular complexity index is 790. The fraction of sp³-hybridized carbons (Fsp3) is 0.154. The molecule has 0 spiro atoms. The Labute approximate surface area is 118 Å². The maximum atomic E-state index is 11.9. The minimum absolute atomic E-state index is 0.0311. The Kier molecular flexibility index (Phi) is 3.91. The zero-order chi connectivity index (χ0) is 14.7. The summed E-state index contributed by atoms with van der Waals surface area (Å²) in [7, 11) is 1.50. The lowest BCUT2D eigenvalue weighted by Crippen LogP contribution is -2.12. The van der Waals surface area contributed by atoms with E-state index in [2.05, 4.69) is 9.97 Å². The number of benzene rings is 1. The van der Waals surface area contributed by atoms with Gasteiger partial charge in [0, 0.05) is 6.07 Å². The van der Waals surface area contributed by atoms with Gasteiger partial charge in [-0.25, -0.2) is 4.98 Å². The van der Waals surface area contributed by atoms with E-state index in [0.29, 0.717) is 16.7 Å². The van der Waals surface area contributed by atoms with Gasteiger partial charge in [-0.1, -0.05) is 0 Å². The molecule has 0 fully saturated rings. The number of alkyl halides is 1. The third-order valence-electron chi connectivity index (χ3n) is 2.68. The molecule has 0 radical (unpaired) electrons. The van der Waals surface area contributed by atoms with E-state index in [1.54, 1.807) is 24.3 Å². The van der Waals surface area contributed by atoms with Gasteiger partial charge in [-0.05, 0) is 12.1 Å². The number of nitriles is 1. The predicted octanol–water partition coefficient (Wildman–Crippen LogP) is 1.96. The number of ether oxygens (including phenoxy) is 1. The summed E-state index contributed by atoms with van der Waals surface area (Å²) in [5.74, 6) is -0.0930. The van der Waals surface area contributed by atoms with E-state index in [9.17, 15) is 9.90 Å². The molecule has 0 saturated heterocycles. The highest BCUT2D eigenvalue weighted by molar-refractivity contribution is 6.19. The van der Waals surface area contributed by atoms with Crippen LogP contribution in [0.5, 0.6) is 5.75 Å². The molecule has 0 atom stereocenters. The van der Waals surface area contributed by atoms with Crippen LogP contribution in [0, 0.1) is 11.3 Å². The molecule has 2 rings (SSSR count). The van der Waals surface area contributed by atoms with Gasteiger partial charge in [0.25, 0.3) is 5.56 Å². The van der Waals surface area contributed by atoms with E-state index >= 15 is 0 Å². The monoisotopic (exact) mass is 291 g/mol. The number of nitrogens with zero attached hydrogens (tertiary/aromatic N) is 2. The number of aliphatic hydroxyl groups is 1. The van der Waals surface area contributed by atoms with Crippen LogP contribution in [-0.4, -0.2) is 28.1 Å². The highest BCUT2D eigenvalue weighted by Gasteiger charge is 2.13. The fourth-order valence-electron chi connectivity index (χ4n) is 1.69. The zero-order valence-electron chi connectivity index (χ0n) is 10.5. The number of hydrogen-bond donors (Lipinski definition) is 2. The number of nitrogens with one attached hydrogen (secondary N) is 1. The third-order valence-corrected chi connectivity index (χ3v) is 2.93. The SMILES string of the molecule is COc1ccc2c(=O)[nH]c(C(C#N)=C(O)CCl)nc2c1. The van der Waals surface area contributed by atoms with Crippen LogP contribution in [0.3, 0.4) is 0 Å². The fourth-order valence-corrected chi connectivity index (χ4v) is 1.82. The number of fused-ring (bicyclic) bond motifs is 1. The Morgan fingerprint density at radius 2 is 2.35 bits per heavy atom. The molecule has 2 aromatic rings. The number of halogens is 1. The summed E-state index contributed by atoms with van der Waals surface area (Å²) < 4.78 is 5.06. The van der Waals surface area contributed by atoms with Gasteiger partial charge in [0.1, 0.15) is 23.2 Å². The van der Waals surface area contributed by atoms with Gasteiger partial charge in [-0.2, -0.15) is 5.26 Å². The average Bonchev–Trinajstić information content (AvgIpc) is 2.47. The van der Waals surface area contributed by atoms with Crippen molar-refractivity contribution in [1.82, 2.24) is 9.97 Å². The van der Waals surface area contributed by atoms with Crippen LogP contribution in [0.25, 0.3) is 16.5 Å². The van der Waals surface area contributed by atoms with Gasteiger partial charge in [0.15, 0.2) is 5.82 Å². The molecular weight excluding hydrogens is 282 g/mol. The molecular formula is C13H10ClN3O3. The van der Waals surface area contributed by atoms with Crippen molar-refractivity contribution in [2.75, 3.05) is 13.0 Å². The van der Waals surface area contributed by atoms with Crippen LogP contribution in [0.1, 0.15) is 5.82 Å². The van der Waals surface area contributed by atoms with Gasteiger partial charge in [0.2, 0.25) is 0 Å². The molecule has 0 aliphatic rings. The molecule has 1 aromatic carbocycles. The van der Waals surface area contributed by atoms with Crippen LogP contribution in [0.4, 0.5) is 0 Å². The first-order chi connectivity index (χ1) is 9.60. The predicted molar refractivity (Wildman–Crippen MR) is 74.8 cm³/mol. The van der Waals surface area contributed by atoms with Crippen LogP contribution in [0.2, 0.25) is 0 Å². The minimum atomic E-state index is -0.414. The van der Waals surface area contributed by atoms with Crippen molar-refractivity contribution in [3.8, 4) is 11.8 Å². The van der Waals surface area contributed by atoms with Crippen molar-refractivity contribution in [2.24, 2.45) is 0 Å². The van der Waals surface area contributed by atoms with Crippen molar-refractivity contribution >= 4 is 28.1 Å². The number of rotatable bonds is 3. The molecule has 0 unspecified atom stereocenters. The van der Waals surface area contributed by atoms with E-state index in [-0.39, 0.29) is 23.0 Å². The van der Waals surface area contributed by atoms with Crippen LogP contribution < -0.4 is 10.3 Å². The maximum Gasteiger partial charge on any atom is 0.259 e. The summed E-state index contributed by atoms with van der Waals surface area (Å²) >= 11 is 5.48. The van der Waals surface area contributed by atoms with E-state index in [1.807, 2.05) is 0 Å². The molecule has 0 amide bonds. The molecule has 0 bridgehead atoms. The second kappa shape index (κ2) is 5.63. The highest BCUT2D eigenvalue weighted by Crippen LogP contribution is 2.19. The van der Waals surface area contributed by atoms with Crippen LogP contribution in [-0.2, 0) is 0 Å². The summed E-state index contributed by atoms with van der Waals surface area (Å²) in [5, 5.41) is 19.0. The van der Waals surface area contributed by atoms with Gasteiger partial charge in [-0.15, -0.1) is 11.6 Å². The second-order valence-electron chi connectivity index (χ2n) is 3.86. The van der Waals surface area contributed by atoms with E-state index in [1.165, 1.54) is 7.11 Å². The summed E-state index contributed by atoms with van der Waals surface area (Å²) in [5.41, 5.74) is -0.220. The Morgan fingerprint density at radius 3 is 2.95 bits per heavy atom.